The summed E-state index contributed by atoms with van der Waals surface area (Å²) in [6.45, 7) is 1.41. The van der Waals surface area contributed by atoms with Gasteiger partial charge in [-0.25, -0.2) is 0 Å². The Hall–Kier alpha value is -0.870. The summed E-state index contributed by atoms with van der Waals surface area (Å²) in [5, 5.41) is 0. The van der Waals surface area contributed by atoms with Crippen LogP contribution in [0.15, 0.2) is 24.3 Å². The number of hydrogen-bond donors (Lipinski definition) is 1. The van der Waals surface area contributed by atoms with E-state index >= 15 is 0 Å². The van der Waals surface area contributed by atoms with Crippen molar-refractivity contribution in [1.29, 1.82) is 0 Å². The molecule has 1 aliphatic heterocycles. The maximum absolute atomic E-state index is 5.84. The van der Waals surface area contributed by atoms with Crippen LogP contribution in [0.4, 0.5) is 0 Å². The fraction of sp³-hybridized carbons (Fsp3) is 0.500. The van der Waals surface area contributed by atoms with Gasteiger partial charge >= 0.3 is 0 Å². The normalized spacial score (nSPS) is 18.4. The number of nitrogens with two attached hydrogens (primary N) is 1. The Bertz CT molecular complexity index is 333. The highest BCUT2D eigenvalue weighted by Gasteiger charge is 2.19. The van der Waals surface area contributed by atoms with E-state index in [4.69, 9.17) is 15.2 Å². The molecule has 1 heterocycles. The Kier molecular flexibility index (Phi) is 4.36. The van der Waals surface area contributed by atoms with Crippen LogP contribution in [0.3, 0.4) is 0 Å². The molecule has 0 spiro atoms. The molecule has 0 saturated carbocycles. The van der Waals surface area contributed by atoms with E-state index in [2.05, 4.69) is 0 Å². The molecular formula is C12H17NO2S. The molecule has 4 heteroatoms. The van der Waals surface area contributed by atoms with Crippen molar-refractivity contribution in [2.75, 3.05) is 24.7 Å². The van der Waals surface area contributed by atoms with Crippen LogP contribution in [0.2, 0.25) is 0 Å². The van der Waals surface area contributed by atoms with Crippen molar-refractivity contribution in [3.63, 3.8) is 0 Å². The largest absolute Gasteiger partial charge is 0.486 e. The van der Waals surface area contributed by atoms with E-state index in [-0.39, 0.29) is 6.10 Å². The van der Waals surface area contributed by atoms with Gasteiger partial charge in [0.1, 0.15) is 12.7 Å². The summed E-state index contributed by atoms with van der Waals surface area (Å²) in [5.41, 5.74) is 5.44. The van der Waals surface area contributed by atoms with E-state index in [1.807, 2.05) is 36.0 Å². The van der Waals surface area contributed by atoms with Gasteiger partial charge in [-0.3, -0.25) is 0 Å². The number of benzene rings is 1. The van der Waals surface area contributed by atoms with Gasteiger partial charge in [-0.05, 0) is 30.9 Å². The number of ether oxygens (including phenoxy) is 2. The lowest BCUT2D eigenvalue weighted by molar-refractivity contribution is 0.107. The van der Waals surface area contributed by atoms with Crippen LogP contribution in [0.5, 0.6) is 11.5 Å². The number of thioether (sulfide) groups is 1. The first kappa shape index (κ1) is 11.6. The van der Waals surface area contributed by atoms with Gasteiger partial charge in [0.25, 0.3) is 0 Å². The van der Waals surface area contributed by atoms with Crippen molar-refractivity contribution in [2.45, 2.75) is 12.5 Å². The third-order valence-corrected chi connectivity index (χ3v) is 3.55. The highest BCUT2D eigenvalue weighted by atomic mass is 32.2. The Morgan fingerprint density at radius 3 is 2.94 bits per heavy atom. The number of para-hydroxylation sites is 2. The zero-order chi connectivity index (χ0) is 11.2. The van der Waals surface area contributed by atoms with E-state index in [0.29, 0.717) is 6.61 Å². The first-order valence-corrected chi connectivity index (χ1v) is 6.72. The molecule has 1 atom stereocenters. The van der Waals surface area contributed by atoms with E-state index < -0.39 is 0 Å². The lowest BCUT2D eigenvalue weighted by Crippen LogP contribution is -2.31. The third-order valence-electron chi connectivity index (χ3n) is 2.36. The number of fused-ring (bicyclic) bond motifs is 1. The average Bonchev–Trinajstić information content (AvgIpc) is 2.34. The summed E-state index contributed by atoms with van der Waals surface area (Å²) in [4.78, 5) is 0. The first-order chi connectivity index (χ1) is 7.90. The Balaban J connectivity index is 1.79. The molecular weight excluding hydrogens is 222 g/mol. The Morgan fingerprint density at radius 1 is 1.31 bits per heavy atom. The fourth-order valence-electron chi connectivity index (χ4n) is 1.55. The topological polar surface area (TPSA) is 44.5 Å². The molecule has 3 nitrogen and oxygen atoms in total. The van der Waals surface area contributed by atoms with E-state index in [9.17, 15) is 0 Å². The highest BCUT2D eigenvalue weighted by molar-refractivity contribution is 7.99. The highest BCUT2D eigenvalue weighted by Crippen LogP contribution is 2.31. The lowest BCUT2D eigenvalue weighted by atomic mass is 10.3. The van der Waals surface area contributed by atoms with Crippen LogP contribution in [0.1, 0.15) is 6.42 Å². The molecule has 0 aliphatic carbocycles. The van der Waals surface area contributed by atoms with Crippen molar-refractivity contribution < 1.29 is 9.47 Å². The molecule has 1 aromatic rings. The minimum absolute atomic E-state index is 0.165. The Labute approximate surface area is 100 Å². The zero-order valence-corrected chi connectivity index (χ0v) is 10.0. The van der Waals surface area contributed by atoms with Crippen molar-refractivity contribution in [1.82, 2.24) is 0 Å². The van der Waals surface area contributed by atoms with Crippen LogP contribution in [0, 0.1) is 0 Å². The third kappa shape index (κ3) is 3.06. The van der Waals surface area contributed by atoms with Crippen molar-refractivity contribution in [2.24, 2.45) is 5.73 Å². The molecule has 2 N–H and O–H groups in total. The van der Waals surface area contributed by atoms with Gasteiger partial charge in [-0.1, -0.05) is 12.1 Å². The van der Waals surface area contributed by atoms with Crippen molar-refractivity contribution >= 4 is 11.8 Å². The molecule has 2 rings (SSSR count). The van der Waals surface area contributed by atoms with Crippen LogP contribution in [-0.2, 0) is 0 Å². The zero-order valence-electron chi connectivity index (χ0n) is 9.22. The predicted molar refractivity (Wildman–Crippen MR) is 67.3 cm³/mol. The van der Waals surface area contributed by atoms with E-state index in [1.54, 1.807) is 0 Å². The summed E-state index contributed by atoms with van der Waals surface area (Å²) in [6.07, 6.45) is 1.23. The second kappa shape index (κ2) is 6.01. The molecule has 16 heavy (non-hydrogen) atoms. The summed E-state index contributed by atoms with van der Waals surface area (Å²) < 4.78 is 11.5. The van der Waals surface area contributed by atoms with Crippen LogP contribution < -0.4 is 15.2 Å². The van der Waals surface area contributed by atoms with Gasteiger partial charge in [-0.15, -0.1) is 0 Å². The summed E-state index contributed by atoms with van der Waals surface area (Å²) in [5.74, 6) is 3.77. The minimum Gasteiger partial charge on any atom is -0.486 e. The van der Waals surface area contributed by atoms with Crippen LogP contribution in [-0.4, -0.2) is 30.8 Å². The molecule has 0 radical (unpaired) electrons. The smallest absolute Gasteiger partial charge is 0.161 e. The molecule has 0 bridgehead atoms. The van der Waals surface area contributed by atoms with Crippen LogP contribution in [0.25, 0.3) is 0 Å². The van der Waals surface area contributed by atoms with Gasteiger partial charge in [0.05, 0.1) is 0 Å². The van der Waals surface area contributed by atoms with Crippen LogP contribution >= 0.6 is 11.8 Å². The molecule has 1 unspecified atom stereocenters. The SMILES string of the molecule is NCCCSCC1COc2ccccc2O1. The Morgan fingerprint density at radius 2 is 2.12 bits per heavy atom. The quantitative estimate of drug-likeness (QED) is 0.797. The van der Waals surface area contributed by atoms with Gasteiger partial charge < -0.3 is 15.2 Å². The standard InChI is InChI=1S/C12H17NO2S/c13-6-3-7-16-9-10-8-14-11-4-1-2-5-12(11)15-10/h1-2,4-5,10H,3,6-9,13H2. The molecule has 0 amide bonds. The van der Waals surface area contributed by atoms with E-state index in [0.717, 1.165) is 36.0 Å². The summed E-state index contributed by atoms with van der Waals surface area (Å²) in [7, 11) is 0. The summed E-state index contributed by atoms with van der Waals surface area (Å²) in [6, 6.07) is 7.81. The molecule has 0 aromatic heterocycles. The molecule has 1 aromatic carbocycles. The number of rotatable bonds is 5. The average molecular weight is 239 g/mol. The van der Waals surface area contributed by atoms with Gasteiger partial charge in [0.2, 0.25) is 0 Å². The predicted octanol–water partition coefficient (Wildman–Crippen LogP) is 1.91. The lowest BCUT2D eigenvalue weighted by Gasteiger charge is -2.26. The van der Waals surface area contributed by atoms with Crippen molar-refractivity contribution in [3.8, 4) is 11.5 Å². The molecule has 0 saturated heterocycles. The maximum Gasteiger partial charge on any atom is 0.161 e. The van der Waals surface area contributed by atoms with Gasteiger partial charge in [-0.2, -0.15) is 11.8 Å². The molecule has 1 aliphatic rings. The second-order valence-electron chi connectivity index (χ2n) is 3.71. The van der Waals surface area contributed by atoms with Crippen molar-refractivity contribution in [3.05, 3.63) is 24.3 Å². The number of hydrogen-bond acceptors (Lipinski definition) is 4. The maximum atomic E-state index is 5.84. The molecule has 88 valence electrons. The summed E-state index contributed by atoms with van der Waals surface area (Å²) >= 11 is 1.87. The molecule has 0 fully saturated rings. The fourth-order valence-corrected chi connectivity index (χ4v) is 2.51. The second-order valence-corrected chi connectivity index (χ2v) is 4.86. The first-order valence-electron chi connectivity index (χ1n) is 5.56. The van der Waals surface area contributed by atoms with E-state index in [1.165, 1.54) is 0 Å². The monoisotopic (exact) mass is 239 g/mol. The van der Waals surface area contributed by atoms with Gasteiger partial charge in [0.15, 0.2) is 11.5 Å². The minimum atomic E-state index is 0.165. The van der Waals surface area contributed by atoms with Gasteiger partial charge in [0, 0.05) is 5.75 Å².